The molecule has 7 heavy (non-hydrogen) atoms. The number of rotatable bonds is 0. The zero-order valence-electron chi connectivity index (χ0n) is 3.49. The molecule has 0 saturated heterocycles. The van der Waals surface area contributed by atoms with Crippen molar-refractivity contribution in [3.63, 3.8) is 0 Å². The second kappa shape index (κ2) is 24.9. The molecule has 0 fully saturated rings. The Labute approximate surface area is 93.9 Å². The Morgan fingerprint density at radius 1 is 1.00 bits per heavy atom. The summed E-state index contributed by atoms with van der Waals surface area (Å²) in [6.45, 7) is 0. The van der Waals surface area contributed by atoms with Gasteiger partial charge in [0.15, 0.2) is 0 Å². The van der Waals surface area contributed by atoms with Crippen LogP contribution in [0.15, 0.2) is 0 Å². The van der Waals surface area contributed by atoms with Gasteiger partial charge in [-0.05, 0) is 0 Å². The zero-order valence-corrected chi connectivity index (χ0v) is 10.2. The summed E-state index contributed by atoms with van der Waals surface area (Å²) in [5.74, 6) is 0. The van der Waals surface area contributed by atoms with Crippen molar-refractivity contribution >= 4 is 79.9 Å². The van der Waals surface area contributed by atoms with Crippen LogP contribution < -0.4 is 8.32 Å². The Balaban J connectivity index is -0.0000000400. The molecule has 0 spiro atoms. The summed E-state index contributed by atoms with van der Waals surface area (Å²) in [6.07, 6.45) is 0. The number of hydrogen-bond donors (Lipinski definition) is 0. The molecule has 0 aliphatic heterocycles. The summed E-state index contributed by atoms with van der Waals surface area (Å²) in [6, 6.07) is 0. The monoisotopic (exact) mass is 256 g/mol. The molecular weight excluding hydrogens is 255 g/mol. The van der Waals surface area contributed by atoms with Crippen LogP contribution in [0.4, 0.5) is 0 Å². The van der Waals surface area contributed by atoms with E-state index in [2.05, 4.69) is 0 Å². The van der Waals surface area contributed by atoms with E-state index in [1.807, 2.05) is 0 Å². The van der Waals surface area contributed by atoms with E-state index in [-0.39, 0.29) is 48.9 Å². The second-order valence-electron chi connectivity index (χ2n) is 0.192. The first-order valence-electron chi connectivity index (χ1n) is 0.943. The SMILES string of the molecule is [Ba+2].[O]=[Al][O-].[O]=[Al][O-]. The van der Waals surface area contributed by atoms with Gasteiger partial charge in [-0.1, -0.05) is 0 Å². The van der Waals surface area contributed by atoms with Crippen LogP contribution >= 0.6 is 0 Å². The van der Waals surface area contributed by atoms with Gasteiger partial charge in [0, 0.05) is 0 Å². The predicted molar refractivity (Wildman–Crippen MR) is 18.6 cm³/mol. The van der Waals surface area contributed by atoms with E-state index in [1.54, 1.807) is 0 Å². The van der Waals surface area contributed by atoms with Gasteiger partial charge in [0.05, 0.1) is 0 Å². The predicted octanol–water partition coefficient (Wildman–Crippen LogP) is -3.76. The molecule has 32 valence electrons. The minimum atomic E-state index is -1.75. The van der Waals surface area contributed by atoms with E-state index in [4.69, 9.17) is 15.9 Å². The molecular formula is Al2BaO4. The Morgan fingerprint density at radius 2 is 1.00 bits per heavy atom. The van der Waals surface area contributed by atoms with Crippen LogP contribution in [0, 0.1) is 0 Å². The Kier molecular flexibility index (Phi) is 56.6. The molecule has 0 aliphatic rings. The molecule has 0 aliphatic carbocycles. The van der Waals surface area contributed by atoms with Crippen LogP contribution in [0.2, 0.25) is 0 Å². The third kappa shape index (κ3) is 79.2. The van der Waals surface area contributed by atoms with Crippen molar-refractivity contribution in [2.75, 3.05) is 0 Å². The molecule has 4 nitrogen and oxygen atoms in total. The fraction of sp³-hybridized carbons (Fsp3) is 0. The van der Waals surface area contributed by atoms with Gasteiger partial charge in [-0.3, -0.25) is 0 Å². The van der Waals surface area contributed by atoms with Crippen molar-refractivity contribution < 1.29 is 15.9 Å². The van der Waals surface area contributed by atoms with Gasteiger partial charge in [0.2, 0.25) is 0 Å². The molecule has 0 bridgehead atoms. The normalized spacial score (nSPS) is 2.29. The quantitative estimate of drug-likeness (QED) is 0.416. The van der Waals surface area contributed by atoms with E-state index < -0.39 is 31.0 Å². The van der Waals surface area contributed by atoms with Gasteiger partial charge in [0.25, 0.3) is 0 Å². The van der Waals surface area contributed by atoms with Gasteiger partial charge < -0.3 is 0 Å². The van der Waals surface area contributed by atoms with E-state index in [1.165, 1.54) is 0 Å². The van der Waals surface area contributed by atoms with Crippen molar-refractivity contribution in [3.8, 4) is 0 Å². The molecule has 0 aromatic heterocycles. The zero-order chi connectivity index (χ0) is 5.41. The minimum absolute atomic E-state index is 0. The van der Waals surface area contributed by atoms with Crippen LogP contribution in [0.1, 0.15) is 0 Å². The maximum absolute atomic E-state index is 8.46. The van der Waals surface area contributed by atoms with Crippen LogP contribution in [0.3, 0.4) is 0 Å². The molecule has 0 N–H and O–H groups in total. The summed E-state index contributed by atoms with van der Waals surface area (Å²) in [5, 5.41) is 0. The summed E-state index contributed by atoms with van der Waals surface area (Å²) in [4.78, 5) is 0. The summed E-state index contributed by atoms with van der Waals surface area (Å²) in [7, 11) is 0. The van der Waals surface area contributed by atoms with E-state index in [9.17, 15) is 0 Å². The van der Waals surface area contributed by atoms with E-state index in [0.717, 1.165) is 0 Å². The van der Waals surface area contributed by atoms with Crippen LogP contribution in [0.25, 0.3) is 0 Å². The van der Waals surface area contributed by atoms with Crippen LogP contribution in [-0.4, -0.2) is 79.9 Å². The fourth-order valence-corrected chi connectivity index (χ4v) is 0. The first kappa shape index (κ1) is 15.9. The molecule has 0 heterocycles. The van der Waals surface area contributed by atoms with Crippen molar-refractivity contribution in [3.05, 3.63) is 0 Å². The molecule has 0 radical (unpaired) electrons. The third-order valence-electron chi connectivity index (χ3n) is 0. The van der Waals surface area contributed by atoms with Crippen molar-refractivity contribution in [1.82, 2.24) is 0 Å². The van der Waals surface area contributed by atoms with Gasteiger partial charge in [0.1, 0.15) is 0 Å². The Morgan fingerprint density at radius 3 is 1.00 bits per heavy atom. The van der Waals surface area contributed by atoms with Crippen molar-refractivity contribution in [2.24, 2.45) is 0 Å². The molecule has 0 rings (SSSR count). The molecule has 0 atom stereocenters. The van der Waals surface area contributed by atoms with Gasteiger partial charge in [-0.2, -0.15) is 0 Å². The fourth-order valence-electron chi connectivity index (χ4n) is 0. The van der Waals surface area contributed by atoms with Crippen molar-refractivity contribution in [1.29, 1.82) is 0 Å². The maximum atomic E-state index is 8.46. The second-order valence-corrected chi connectivity index (χ2v) is 0.577. The molecule has 7 heteroatoms. The Hall–Kier alpha value is 1.84. The summed E-state index contributed by atoms with van der Waals surface area (Å²) >= 11 is -3.50. The van der Waals surface area contributed by atoms with Crippen LogP contribution in [-0.2, 0) is 7.61 Å². The standard InChI is InChI=1S/2Al.Ba.4O/q;;+2;;;2*-1. The molecule has 0 aromatic rings. The average Bonchev–Trinajstić information content (AvgIpc) is 1.39. The number of hydrogen-bond acceptors (Lipinski definition) is 4. The topological polar surface area (TPSA) is 80.3 Å². The van der Waals surface area contributed by atoms with Crippen LogP contribution in [0.5, 0.6) is 0 Å². The van der Waals surface area contributed by atoms with Gasteiger partial charge in [-0.15, -0.1) is 0 Å². The summed E-state index contributed by atoms with van der Waals surface area (Å²) < 4.78 is 33.8. The third-order valence-corrected chi connectivity index (χ3v) is 0. The molecule has 0 aromatic carbocycles. The van der Waals surface area contributed by atoms with E-state index >= 15 is 0 Å². The Bertz CT molecular complexity index is 30.7. The average molecular weight is 255 g/mol. The first-order chi connectivity index (χ1) is 2.83. The van der Waals surface area contributed by atoms with E-state index in [0.29, 0.717) is 0 Å². The van der Waals surface area contributed by atoms with Crippen molar-refractivity contribution in [2.45, 2.75) is 0 Å². The molecule has 0 unspecified atom stereocenters. The summed E-state index contributed by atoms with van der Waals surface area (Å²) in [5.41, 5.74) is 0. The molecule has 0 amide bonds. The van der Waals surface area contributed by atoms with Gasteiger partial charge >= 0.3 is 95.8 Å². The first-order valence-corrected chi connectivity index (χ1v) is 2.83. The molecule has 0 saturated carbocycles. The van der Waals surface area contributed by atoms with Gasteiger partial charge in [-0.25, -0.2) is 0 Å².